The van der Waals surface area contributed by atoms with Crippen molar-refractivity contribution in [2.75, 3.05) is 13.1 Å². The quantitative estimate of drug-likeness (QED) is 0.555. The molecule has 3 nitrogen and oxygen atoms in total. The summed E-state index contributed by atoms with van der Waals surface area (Å²) in [6, 6.07) is 0. The van der Waals surface area contributed by atoms with Gasteiger partial charge in [-0.25, -0.2) is 0 Å². The average Bonchev–Trinajstić information content (AvgIpc) is 2.03. The summed E-state index contributed by atoms with van der Waals surface area (Å²) in [7, 11) is 0. The van der Waals surface area contributed by atoms with Crippen molar-refractivity contribution in [3.63, 3.8) is 0 Å². The van der Waals surface area contributed by atoms with E-state index in [9.17, 15) is 13.2 Å². The Balaban J connectivity index is 2.67. The normalized spacial score (nSPS) is 33.0. The molecule has 1 heterocycles. The zero-order valence-corrected chi connectivity index (χ0v) is 7.06. The predicted molar refractivity (Wildman–Crippen MR) is 41.1 cm³/mol. The van der Waals surface area contributed by atoms with Gasteiger partial charge in [0.2, 0.25) is 0 Å². The number of nitrogens with two attached hydrogens (primary N) is 1. The fourth-order valence-corrected chi connectivity index (χ4v) is 1.51. The Labute approximate surface area is 74.1 Å². The van der Waals surface area contributed by atoms with Gasteiger partial charge in [-0.3, -0.25) is 0 Å². The molecule has 0 bridgehead atoms. The number of aliphatic hydroxyl groups is 1. The van der Waals surface area contributed by atoms with Gasteiger partial charge in [-0.1, -0.05) is 0 Å². The van der Waals surface area contributed by atoms with Crippen LogP contribution in [-0.2, 0) is 0 Å². The van der Waals surface area contributed by atoms with Gasteiger partial charge in [0.1, 0.15) is 0 Å². The van der Waals surface area contributed by atoms with Crippen molar-refractivity contribution in [3.05, 3.63) is 0 Å². The summed E-state index contributed by atoms with van der Waals surface area (Å²) in [5.41, 5.74) is 3.90. The molecular formula is C7H13F3N2O. The number of aliphatic hydroxyl groups excluding tert-OH is 1. The molecule has 1 aliphatic heterocycles. The Morgan fingerprint density at radius 1 is 1.46 bits per heavy atom. The SMILES string of the molecule is NC1(C(O)C(F)(F)F)CCCNC1. The molecule has 2 unspecified atom stereocenters. The first-order valence-corrected chi connectivity index (χ1v) is 4.11. The lowest BCUT2D eigenvalue weighted by molar-refractivity contribution is -0.224. The van der Waals surface area contributed by atoms with Crippen molar-refractivity contribution < 1.29 is 18.3 Å². The number of piperidine rings is 1. The first kappa shape index (κ1) is 10.7. The van der Waals surface area contributed by atoms with Crippen molar-refractivity contribution >= 4 is 0 Å². The van der Waals surface area contributed by atoms with Gasteiger partial charge in [-0.2, -0.15) is 13.2 Å². The van der Waals surface area contributed by atoms with Crippen molar-refractivity contribution in [3.8, 4) is 0 Å². The monoisotopic (exact) mass is 198 g/mol. The molecule has 0 amide bonds. The van der Waals surface area contributed by atoms with Crippen LogP contribution in [0.5, 0.6) is 0 Å². The van der Waals surface area contributed by atoms with Gasteiger partial charge < -0.3 is 16.2 Å². The number of rotatable bonds is 1. The van der Waals surface area contributed by atoms with Crippen LogP contribution in [0.3, 0.4) is 0 Å². The highest BCUT2D eigenvalue weighted by Crippen LogP contribution is 2.30. The number of hydrogen-bond acceptors (Lipinski definition) is 3. The van der Waals surface area contributed by atoms with Crippen molar-refractivity contribution in [2.24, 2.45) is 5.73 Å². The van der Waals surface area contributed by atoms with E-state index in [4.69, 9.17) is 10.8 Å². The second kappa shape index (κ2) is 3.43. The maximum atomic E-state index is 12.1. The van der Waals surface area contributed by atoms with Crippen LogP contribution in [0.15, 0.2) is 0 Å². The molecule has 1 aliphatic rings. The number of alkyl halides is 3. The average molecular weight is 198 g/mol. The zero-order valence-electron chi connectivity index (χ0n) is 7.06. The molecule has 6 heteroatoms. The Kier molecular flexibility index (Phi) is 2.84. The lowest BCUT2D eigenvalue weighted by Gasteiger charge is -2.38. The van der Waals surface area contributed by atoms with Gasteiger partial charge in [0.25, 0.3) is 0 Å². The molecule has 1 saturated heterocycles. The summed E-state index contributed by atoms with van der Waals surface area (Å²) in [4.78, 5) is 0. The lowest BCUT2D eigenvalue weighted by Crippen LogP contribution is -2.64. The molecule has 1 fully saturated rings. The van der Waals surface area contributed by atoms with E-state index in [2.05, 4.69) is 5.32 Å². The summed E-state index contributed by atoms with van der Waals surface area (Å²) in [6.07, 6.45) is -6.31. The topological polar surface area (TPSA) is 58.3 Å². The molecule has 13 heavy (non-hydrogen) atoms. The van der Waals surface area contributed by atoms with Gasteiger partial charge in [0.15, 0.2) is 6.10 Å². The smallest absolute Gasteiger partial charge is 0.382 e. The van der Waals surface area contributed by atoms with E-state index < -0.39 is 17.8 Å². The first-order chi connectivity index (χ1) is 5.86. The van der Waals surface area contributed by atoms with Gasteiger partial charge in [-0.15, -0.1) is 0 Å². The van der Waals surface area contributed by atoms with Crippen LogP contribution >= 0.6 is 0 Å². The first-order valence-electron chi connectivity index (χ1n) is 4.11. The number of halogens is 3. The van der Waals surface area contributed by atoms with Gasteiger partial charge in [0, 0.05) is 6.54 Å². The minimum atomic E-state index is -4.63. The maximum Gasteiger partial charge on any atom is 0.416 e. The molecule has 0 aromatic rings. The molecular weight excluding hydrogens is 185 g/mol. The summed E-state index contributed by atoms with van der Waals surface area (Å²) < 4.78 is 36.4. The fourth-order valence-electron chi connectivity index (χ4n) is 1.51. The van der Waals surface area contributed by atoms with Crippen LogP contribution in [0.25, 0.3) is 0 Å². The molecule has 1 rings (SSSR count). The largest absolute Gasteiger partial charge is 0.416 e. The van der Waals surface area contributed by atoms with Crippen LogP contribution in [-0.4, -0.2) is 36.0 Å². The van der Waals surface area contributed by atoms with E-state index in [1.807, 2.05) is 0 Å². The Morgan fingerprint density at radius 3 is 2.46 bits per heavy atom. The summed E-state index contributed by atoms with van der Waals surface area (Å²) >= 11 is 0. The van der Waals surface area contributed by atoms with Crippen LogP contribution in [0.4, 0.5) is 13.2 Å². The fraction of sp³-hybridized carbons (Fsp3) is 1.00. The molecule has 0 aromatic carbocycles. The highest BCUT2D eigenvalue weighted by molar-refractivity contribution is 4.99. The third-order valence-electron chi connectivity index (χ3n) is 2.30. The minimum absolute atomic E-state index is 0.00762. The van der Waals surface area contributed by atoms with E-state index in [0.29, 0.717) is 13.0 Å². The van der Waals surface area contributed by atoms with Crippen LogP contribution in [0, 0.1) is 0 Å². The number of nitrogens with one attached hydrogen (secondary N) is 1. The second-order valence-electron chi connectivity index (χ2n) is 3.46. The number of hydrogen-bond donors (Lipinski definition) is 3. The van der Waals surface area contributed by atoms with Gasteiger partial charge in [0.05, 0.1) is 5.54 Å². The van der Waals surface area contributed by atoms with Crippen molar-refractivity contribution in [1.82, 2.24) is 5.32 Å². The van der Waals surface area contributed by atoms with E-state index in [0.717, 1.165) is 0 Å². The summed E-state index contributed by atoms with van der Waals surface area (Å²) in [5.74, 6) is 0. The van der Waals surface area contributed by atoms with Crippen LogP contribution in [0.2, 0.25) is 0 Å². The van der Waals surface area contributed by atoms with Crippen LogP contribution < -0.4 is 11.1 Å². The molecule has 0 aliphatic carbocycles. The van der Waals surface area contributed by atoms with E-state index >= 15 is 0 Å². The minimum Gasteiger partial charge on any atom is -0.382 e. The van der Waals surface area contributed by atoms with Crippen molar-refractivity contribution in [2.45, 2.75) is 30.7 Å². The summed E-state index contributed by atoms with van der Waals surface area (Å²) in [5, 5.41) is 11.7. The molecule has 0 saturated carbocycles. The van der Waals surface area contributed by atoms with Gasteiger partial charge in [-0.05, 0) is 19.4 Å². The highest BCUT2D eigenvalue weighted by Gasteiger charge is 2.50. The standard InChI is InChI=1S/C7H13F3N2O/c8-7(9,10)5(13)6(11)2-1-3-12-4-6/h5,12-13H,1-4,11H2. The van der Waals surface area contributed by atoms with E-state index in [1.165, 1.54) is 0 Å². The van der Waals surface area contributed by atoms with Gasteiger partial charge >= 0.3 is 6.18 Å². The Hall–Kier alpha value is -0.330. The third kappa shape index (κ3) is 2.32. The van der Waals surface area contributed by atoms with Crippen molar-refractivity contribution in [1.29, 1.82) is 0 Å². The second-order valence-corrected chi connectivity index (χ2v) is 3.46. The van der Waals surface area contributed by atoms with E-state index in [1.54, 1.807) is 0 Å². The molecule has 0 aromatic heterocycles. The predicted octanol–water partition coefficient (Wildman–Crippen LogP) is -0.00950. The third-order valence-corrected chi connectivity index (χ3v) is 2.30. The molecule has 78 valence electrons. The van der Waals surface area contributed by atoms with E-state index in [-0.39, 0.29) is 13.0 Å². The maximum absolute atomic E-state index is 12.1. The van der Waals surface area contributed by atoms with Crippen LogP contribution in [0.1, 0.15) is 12.8 Å². The summed E-state index contributed by atoms with van der Waals surface area (Å²) in [6.45, 7) is 0.664. The highest BCUT2D eigenvalue weighted by atomic mass is 19.4. The molecule has 0 spiro atoms. The Bertz CT molecular complexity index is 177. The zero-order chi connectivity index (χ0) is 10.1. The molecule has 4 N–H and O–H groups in total. The lowest BCUT2D eigenvalue weighted by atomic mass is 9.85. The Morgan fingerprint density at radius 2 is 2.08 bits per heavy atom. The molecule has 0 radical (unpaired) electrons. The molecule has 2 atom stereocenters.